The maximum absolute atomic E-state index is 12.8. The first kappa shape index (κ1) is 13.9. The number of benzene rings is 1. The Bertz CT molecular complexity index is 432. The number of carbonyl (C=O) groups is 1. The highest BCUT2D eigenvalue weighted by molar-refractivity contribution is 9.11. The highest BCUT2D eigenvalue weighted by Gasteiger charge is 2.18. The van der Waals surface area contributed by atoms with E-state index in [-0.39, 0.29) is 17.3 Å². The summed E-state index contributed by atoms with van der Waals surface area (Å²) >= 11 is 3.16. The predicted molar refractivity (Wildman–Crippen MR) is 71.2 cm³/mol. The molecule has 2 nitrogen and oxygen atoms in total. The topological polar surface area (TPSA) is 29.1 Å². The van der Waals surface area contributed by atoms with Crippen molar-refractivity contribution >= 4 is 27.4 Å². The lowest BCUT2D eigenvalue weighted by Crippen LogP contribution is -2.40. The van der Waals surface area contributed by atoms with Gasteiger partial charge in [0.15, 0.2) is 0 Å². The van der Waals surface area contributed by atoms with Gasteiger partial charge in [-0.3, -0.25) is 4.79 Å². The van der Waals surface area contributed by atoms with Gasteiger partial charge >= 0.3 is 0 Å². The van der Waals surface area contributed by atoms with Crippen LogP contribution in [0.4, 0.5) is 4.39 Å². The largest absolute Gasteiger partial charge is 0.347 e. The predicted octanol–water partition coefficient (Wildman–Crippen LogP) is 3.48. The molecule has 0 radical (unpaired) electrons. The number of carbonyl (C=O) groups excluding carboxylic acids is 1. The number of hydrogen-bond acceptors (Lipinski definition) is 1. The van der Waals surface area contributed by atoms with Gasteiger partial charge in [0, 0.05) is 5.54 Å². The SMILES string of the molecule is CC(C)(C)NC(=O)/C(=C/Br)c1ccc(F)cc1. The molecule has 0 fully saturated rings. The van der Waals surface area contributed by atoms with Crippen molar-refractivity contribution in [2.24, 2.45) is 0 Å². The highest BCUT2D eigenvalue weighted by atomic mass is 79.9. The van der Waals surface area contributed by atoms with Crippen molar-refractivity contribution in [1.29, 1.82) is 0 Å². The summed E-state index contributed by atoms with van der Waals surface area (Å²) in [4.78, 5) is 13.5. The van der Waals surface area contributed by atoms with E-state index in [9.17, 15) is 9.18 Å². The molecule has 4 heteroatoms. The van der Waals surface area contributed by atoms with Crippen molar-refractivity contribution < 1.29 is 9.18 Å². The second-order valence-corrected chi connectivity index (χ2v) is 5.19. The van der Waals surface area contributed by atoms with Crippen LogP contribution in [0.25, 0.3) is 5.57 Å². The van der Waals surface area contributed by atoms with Crippen molar-refractivity contribution in [2.75, 3.05) is 0 Å². The van der Waals surface area contributed by atoms with Gasteiger partial charge < -0.3 is 5.32 Å². The highest BCUT2D eigenvalue weighted by Crippen LogP contribution is 2.18. The van der Waals surface area contributed by atoms with Crippen molar-refractivity contribution in [1.82, 2.24) is 5.32 Å². The molecule has 0 aliphatic rings. The molecule has 1 aromatic rings. The van der Waals surface area contributed by atoms with E-state index < -0.39 is 0 Å². The maximum atomic E-state index is 12.8. The van der Waals surface area contributed by atoms with E-state index in [1.54, 1.807) is 17.1 Å². The monoisotopic (exact) mass is 299 g/mol. The van der Waals surface area contributed by atoms with Gasteiger partial charge in [-0.1, -0.05) is 28.1 Å². The fraction of sp³-hybridized carbons (Fsp3) is 0.308. The van der Waals surface area contributed by atoms with E-state index in [0.717, 1.165) is 0 Å². The Kier molecular flexibility index (Phi) is 4.46. The number of nitrogens with one attached hydrogen (secondary N) is 1. The van der Waals surface area contributed by atoms with Crippen LogP contribution in [0.2, 0.25) is 0 Å². The van der Waals surface area contributed by atoms with Crippen LogP contribution in [0, 0.1) is 5.82 Å². The minimum atomic E-state index is -0.320. The van der Waals surface area contributed by atoms with Crippen LogP contribution in [0.3, 0.4) is 0 Å². The van der Waals surface area contributed by atoms with Gasteiger partial charge in [0.05, 0.1) is 5.57 Å². The molecule has 0 aliphatic carbocycles. The average Bonchev–Trinajstić information content (AvgIpc) is 2.19. The minimum Gasteiger partial charge on any atom is -0.347 e. The molecule has 0 unspecified atom stereocenters. The lowest BCUT2D eigenvalue weighted by Gasteiger charge is -2.21. The molecule has 0 saturated carbocycles. The third-order valence-corrected chi connectivity index (χ3v) is 2.46. The molecule has 0 saturated heterocycles. The van der Waals surface area contributed by atoms with E-state index in [4.69, 9.17) is 0 Å². The quantitative estimate of drug-likeness (QED) is 0.832. The van der Waals surface area contributed by atoms with Crippen molar-refractivity contribution in [3.05, 3.63) is 40.6 Å². The minimum absolute atomic E-state index is 0.194. The standard InChI is InChI=1S/C13H15BrFNO/c1-13(2,3)16-12(17)11(8-14)9-4-6-10(15)7-5-9/h4-8H,1-3H3,(H,16,17)/b11-8+. The van der Waals surface area contributed by atoms with Gasteiger partial charge in [0.1, 0.15) is 5.82 Å². The molecular formula is C13H15BrFNO. The summed E-state index contributed by atoms with van der Waals surface area (Å²) in [5, 5.41) is 2.85. The Labute approximate surface area is 109 Å². The number of halogens is 2. The fourth-order valence-corrected chi connectivity index (χ4v) is 1.75. The third kappa shape index (κ3) is 4.30. The van der Waals surface area contributed by atoms with Crippen LogP contribution in [-0.4, -0.2) is 11.4 Å². The molecule has 1 rings (SSSR count). The molecule has 1 N–H and O–H groups in total. The Morgan fingerprint density at radius 3 is 2.24 bits per heavy atom. The summed E-state index contributed by atoms with van der Waals surface area (Å²) in [5.41, 5.74) is 0.836. The van der Waals surface area contributed by atoms with E-state index >= 15 is 0 Å². The summed E-state index contributed by atoms with van der Waals surface area (Å²) < 4.78 is 12.8. The van der Waals surface area contributed by atoms with Crippen LogP contribution in [0.5, 0.6) is 0 Å². The van der Waals surface area contributed by atoms with Gasteiger partial charge in [-0.25, -0.2) is 4.39 Å². The molecule has 0 aromatic heterocycles. The maximum Gasteiger partial charge on any atom is 0.252 e. The molecule has 1 aromatic carbocycles. The Morgan fingerprint density at radius 1 is 1.29 bits per heavy atom. The number of amides is 1. The van der Waals surface area contributed by atoms with E-state index in [2.05, 4.69) is 21.2 Å². The fourth-order valence-electron chi connectivity index (χ4n) is 1.28. The first-order valence-electron chi connectivity index (χ1n) is 5.22. The summed E-state index contributed by atoms with van der Waals surface area (Å²) in [6.07, 6.45) is 0. The van der Waals surface area contributed by atoms with Gasteiger partial charge in [-0.2, -0.15) is 0 Å². The van der Waals surface area contributed by atoms with Crippen LogP contribution in [0.1, 0.15) is 26.3 Å². The van der Waals surface area contributed by atoms with Gasteiger partial charge in [0.25, 0.3) is 5.91 Å². The summed E-state index contributed by atoms with van der Waals surface area (Å²) in [6, 6.07) is 5.81. The summed E-state index contributed by atoms with van der Waals surface area (Å²) in [6.45, 7) is 5.71. The number of rotatable bonds is 2. The Morgan fingerprint density at radius 2 is 1.82 bits per heavy atom. The number of hydrogen-bond donors (Lipinski definition) is 1. The van der Waals surface area contributed by atoms with Gasteiger partial charge in [0.2, 0.25) is 0 Å². The molecule has 0 heterocycles. The Hall–Kier alpha value is -1.16. The molecule has 92 valence electrons. The second kappa shape index (κ2) is 5.45. The van der Waals surface area contributed by atoms with Crippen molar-refractivity contribution in [3.8, 4) is 0 Å². The first-order chi connectivity index (χ1) is 7.83. The zero-order valence-corrected chi connectivity index (χ0v) is 11.6. The first-order valence-corrected chi connectivity index (χ1v) is 6.14. The molecule has 1 amide bonds. The van der Waals surface area contributed by atoms with Gasteiger partial charge in [-0.15, -0.1) is 0 Å². The zero-order valence-electron chi connectivity index (χ0n) is 10.1. The van der Waals surface area contributed by atoms with Gasteiger partial charge in [-0.05, 0) is 43.5 Å². The van der Waals surface area contributed by atoms with E-state index in [1.807, 2.05) is 20.8 Å². The van der Waals surface area contributed by atoms with E-state index in [1.165, 1.54) is 12.1 Å². The normalized spacial score (nSPS) is 12.4. The summed E-state index contributed by atoms with van der Waals surface area (Å²) in [7, 11) is 0. The Balaban J connectivity index is 2.94. The molecule has 0 aliphatic heterocycles. The molecule has 0 spiro atoms. The van der Waals surface area contributed by atoms with E-state index in [0.29, 0.717) is 11.1 Å². The average molecular weight is 300 g/mol. The van der Waals surface area contributed by atoms with Crippen LogP contribution < -0.4 is 5.32 Å². The second-order valence-electron chi connectivity index (χ2n) is 4.73. The molecular weight excluding hydrogens is 285 g/mol. The lowest BCUT2D eigenvalue weighted by molar-refractivity contribution is -0.116. The van der Waals surface area contributed by atoms with Crippen molar-refractivity contribution in [3.63, 3.8) is 0 Å². The van der Waals surface area contributed by atoms with Crippen LogP contribution in [-0.2, 0) is 4.79 Å². The smallest absolute Gasteiger partial charge is 0.252 e. The van der Waals surface area contributed by atoms with Crippen LogP contribution >= 0.6 is 15.9 Å². The molecule has 0 atom stereocenters. The summed E-state index contributed by atoms with van der Waals surface area (Å²) in [5.74, 6) is -0.514. The van der Waals surface area contributed by atoms with Crippen LogP contribution in [0.15, 0.2) is 29.3 Å². The van der Waals surface area contributed by atoms with Crippen molar-refractivity contribution in [2.45, 2.75) is 26.3 Å². The molecule has 0 bridgehead atoms. The molecule has 17 heavy (non-hydrogen) atoms. The lowest BCUT2D eigenvalue weighted by atomic mass is 10.0. The zero-order chi connectivity index (χ0) is 13.1. The third-order valence-electron chi connectivity index (χ3n) is 2.00.